The van der Waals surface area contributed by atoms with Crippen molar-refractivity contribution in [3.8, 4) is 0 Å². The number of nitrogens with zero attached hydrogens (tertiary/aromatic N) is 1. The molecule has 1 aliphatic rings. The van der Waals surface area contributed by atoms with Gasteiger partial charge in [0, 0.05) is 45.6 Å². The number of para-hydroxylation sites is 2. The van der Waals surface area contributed by atoms with Gasteiger partial charge >= 0.3 is 6.18 Å². The number of fused-ring (bicyclic) bond motifs is 2. The monoisotopic (exact) mass is 406 g/mol. The van der Waals surface area contributed by atoms with Gasteiger partial charge in [-0.15, -0.1) is 0 Å². The highest BCUT2D eigenvalue weighted by molar-refractivity contribution is 6.27. The molecule has 0 bridgehead atoms. The van der Waals surface area contributed by atoms with Crippen molar-refractivity contribution in [2.45, 2.75) is 6.18 Å². The number of aromatic amines is 1. The Morgan fingerprint density at radius 3 is 2.40 bits per heavy atom. The molecule has 148 valence electrons. The molecule has 0 saturated carbocycles. The van der Waals surface area contributed by atoms with Crippen molar-refractivity contribution >= 4 is 34.0 Å². The van der Waals surface area contributed by atoms with Crippen molar-refractivity contribution in [1.82, 2.24) is 4.98 Å². The minimum Gasteiger partial charge on any atom is -0.361 e. The molecule has 3 aromatic carbocycles. The summed E-state index contributed by atoms with van der Waals surface area (Å²) in [5.41, 5.74) is 3.76. The van der Waals surface area contributed by atoms with E-state index in [1.807, 2.05) is 30.5 Å². The number of benzene rings is 3. The number of halogens is 4. The van der Waals surface area contributed by atoms with E-state index in [1.54, 1.807) is 18.3 Å². The lowest BCUT2D eigenvalue weighted by Gasteiger charge is -2.13. The Hall–Kier alpha value is -3.67. The molecular weight excluding hydrogens is 392 g/mol. The molecule has 5 rings (SSSR count). The highest BCUT2D eigenvalue weighted by Gasteiger charge is 2.30. The van der Waals surface area contributed by atoms with E-state index >= 15 is 0 Å². The van der Waals surface area contributed by atoms with Gasteiger partial charge in [0.2, 0.25) is 0 Å². The zero-order valence-corrected chi connectivity index (χ0v) is 15.5. The number of hydrogen-bond donors (Lipinski definition) is 1. The molecule has 1 N–H and O–H groups in total. The summed E-state index contributed by atoms with van der Waals surface area (Å²) in [5.74, 6) is -0.440. The quantitative estimate of drug-likeness (QED) is 0.347. The van der Waals surface area contributed by atoms with E-state index < -0.39 is 17.6 Å². The maximum atomic E-state index is 14.2. The van der Waals surface area contributed by atoms with Crippen LogP contribution in [-0.2, 0) is 6.18 Å². The third-order valence-corrected chi connectivity index (χ3v) is 5.23. The van der Waals surface area contributed by atoms with Crippen LogP contribution in [0.1, 0.15) is 22.3 Å². The second-order valence-electron chi connectivity index (χ2n) is 7.01. The molecule has 1 aliphatic heterocycles. The van der Waals surface area contributed by atoms with Gasteiger partial charge in [0.05, 0.1) is 5.56 Å². The molecule has 0 saturated heterocycles. The number of H-pyrrole nitrogens is 1. The second-order valence-corrected chi connectivity index (χ2v) is 7.01. The maximum absolute atomic E-state index is 14.2. The van der Waals surface area contributed by atoms with Crippen molar-refractivity contribution in [3.05, 3.63) is 101 Å². The number of hydrogen-bond acceptors (Lipinski definition) is 1. The average Bonchev–Trinajstić information content (AvgIpc) is 3.34. The van der Waals surface area contributed by atoms with Crippen molar-refractivity contribution in [2.24, 2.45) is 4.99 Å². The summed E-state index contributed by atoms with van der Waals surface area (Å²) >= 11 is 0. The first kappa shape index (κ1) is 18.4. The smallest absolute Gasteiger partial charge is 0.361 e. The third-order valence-electron chi connectivity index (χ3n) is 5.23. The Morgan fingerprint density at radius 1 is 0.867 bits per heavy atom. The van der Waals surface area contributed by atoms with E-state index in [0.29, 0.717) is 22.3 Å². The number of rotatable bonds is 2. The van der Waals surface area contributed by atoms with Crippen LogP contribution in [-0.4, -0.2) is 11.2 Å². The van der Waals surface area contributed by atoms with Gasteiger partial charge in [0.1, 0.15) is 11.5 Å². The molecule has 2 nitrogen and oxygen atoms in total. The summed E-state index contributed by atoms with van der Waals surface area (Å²) in [6, 6.07) is 17.3. The number of allylic oxidation sites excluding steroid dienone is 1. The minimum atomic E-state index is -4.42. The molecule has 1 aromatic heterocycles. The van der Waals surface area contributed by atoms with Crippen LogP contribution in [0.4, 0.5) is 23.2 Å². The Morgan fingerprint density at radius 2 is 1.63 bits per heavy atom. The second kappa shape index (κ2) is 6.69. The molecule has 0 radical (unpaired) electrons. The van der Waals surface area contributed by atoms with Gasteiger partial charge in [0.15, 0.2) is 0 Å². The summed E-state index contributed by atoms with van der Waals surface area (Å²) in [6.07, 6.45) is -1.03. The molecule has 4 aromatic rings. The Kier molecular flexibility index (Phi) is 4.10. The Labute approximate surface area is 169 Å². The Bertz CT molecular complexity index is 1330. The van der Waals surface area contributed by atoms with E-state index in [4.69, 9.17) is 0 Å². The molecule has 0 spiro atoms. The van der Waals surface area contributed by atoms with E-state index in [2.05, 4.69) is 9.98 Å². The number of nitrogens with one attached hydrogen (secondary N) is 1. The van der Waals surface area contributed by atoms with Crippen LogP contribution in [0.15, 0.2) is 77.9 Å². The summed E-state index contributed by atoms with van der Waals surface area (Å²) in [6.45, 7) is 0. The molecule has 2 heterocycles. The first-order chi connectivity index (χ1) is 14.4. The third kappa shape index (κ3) is 2.92. The van der Waals surface area contributed by atoms with Gasteiger partial charge in [-0.25, -0.2) is 4.39 Å². The fourth-order valence-corrected chi connectivity index (χ4v) is 3.82. The number of alkyl halides is 3. The molecule has 6 heteroatoms. The van der Waals surface area contributed by atoms with Crippen molar-refractivity contribution in [3.63, 3.8) is 0 Å². The van der Waals surface area contributed by atoms with Crippen LogP contribution >= 0.6 is 0 Å². The molecular formula is C24H14F4N2. The number of aromatic nitrogens is 1. The average molecular weight is 406 g/mol. The molecule has 0 fully saturated rings. The SMILES string of the molecule is Fc1cccc2c1N=C/C2=C(/c1ccc(C(F)(F)F)cc1)c1c[nH]c2ccccc12. The van der Waals surface area contributed by atoms with Crippen molar-refractivity contribution in [2.75, 3.05) is 0 Å². The summed E-state index contributed by atoms with van der Waals surface area (Å²) in [7, 11) is 0. The first-order valence-corrected chi connectivity index (χ1v) is 9.25. The van der Waals surface area contributed by atoms with Gasteiger partial charge in [0.25, 0.3) is 0 Å². The Balaban J connectivity index is 1.79. The van der Waals surface area contributed by atoms with Crippen LogP contribution < -0.4 is 0 Å². The normalized spacial score (nSPS) is 14.9. The molecule has 0 atom stereocenters. The van der Waals surface area contributed by atoms with Crippen LogP contribution in [0, 0.1) is 5.82 Å². The zero-order chi connectivity index (χ0) is 20.9. The van der Waals surface area contributed by atoms with Crippen molar-refractivity contribution < 1.29 is 17.6 Å². The van der Waals surface area contributed by atoms with Crippen LogP contribution in [0.5, 0.6) is 0 Å². The molecule has 0 unspecified atom stereocenters. The zero-order valence-electron chi connectivity index (χ0n) is 15.5. The van der Waals surface area contributed by atoms with Crippen LogP contribution in [0.2, 0.25) is 0 Å². The maximum Gasteiger partial charge on any atom is 0.416 e. The topological polar surface area (TPSA) is 28.1 Å². The fraction of sp³-hybridized carbons (Fsp3) is 0.0417. The lowest BCUT2D eigenvalue weighted by Crippen LogP contribution is -2.04. The number of aliphatic imine (C=N–C) groups is 1. The largest absolute Gasteiger partial charge is 0.416 e. The van der Waals surface area contributed by atoms with E-state index in [1.165, 1.54) is 18.2 Å². The van der Waals surface area contributed by atoms with E-state index in [-0.39, 0.29) is 5.69 Å². The lowest BCUT2D eigenvalue weighted by atomic mass is 9.89. The standard InChI is InChI=1S/C24H14F4N2/c25-20-6-3-5-17-19(13-30-23(17)20)22(14-8-10-15(11-9-14)24(26,27)28)18-12-29-21-7-2-1-4-16(18)21/h1-13,29H/b22-19+. The summed E-state index contributed by atoms with van der Waals surface area (Å²) in [4.78, 5) is 7.43. The van der Waals surface area contributed by atoms with Gasteiger partial charge in [-0.2, -0.15) is 13.2 Å². The summed E-state index contributed by atoms with van der Waals surface area (Å²) in [5, 5.41) is 0.915. The van der Waals surface area contributed by atoms with Gasteiger partial charge in [-0.3, -0.25) is 4.99 Å². The lowest BCUT2D eigenvalue weighted by molar-refractivity contribution is -0.137. The molecule has 0 amide bonds. The predicted molar refractivity (Wildman–Crippen MR) is 110 cm³/mol. The minimum absolute atomic E-state index is 0.233. The van der Waals surface area contributed by atoms with Gasteiger partial charge < -0.3 is 4.98 Å². The van der Waals surface area contributed by atoms with Gasteiger partial charge in [-0.05, 0) is 29.8 Å². The highest BCUT2D eigenvalue weighted by Crippen LogP contribution is 2.42. The highest BCUT2D eigenvalue weighted by atomic mass is 19.4. The van der Waals surface area contributed by atoms with Crippen LogP contribution in [0.3, 0.4) is 0 Å². The molecule has 0 aliphatic carbocycles. The van der Waals surface area contributed by atoms with E-state index in [9.17, 15) is 17.6 Å². The summed E-state index contributed by atoms with van der Waals surface area (Å²) < 4.78 is 53.4. The first-order valence-electron chi connectivity index (χ1n) is 9.25. The molecule has 30 heavy (non-hydrogen) atoms. The predicted octanol–water partition coefficient (Wildman–Crippen LogP) is 7.00. The van der Waals surface area contributed by atoms with Crippen molar-refractivity contribution in [1.29, 1.82) is 0 Å². The van der Waals surface area contributed by atoms with Gasteiger partial charge in [-0.1, -0.05) is 42.5 Å². The van der Waals surface area contributed by atoms with E-state index in [0.717, 1.165) is 28.6 Å². The van der Waals surface area contributed by atoms with Crippen LogP contribution in [0.25, 0.3) is 22.0 Å². The fourth-order valence-electron chi connectivity index (χ4n) is 3.82.